The Bertz CT molecular complexity index is 3340. The zero-order valence-corrected chi connectivity index (χ0v) is 30.7. The Balaban J connectivity index is 1.39. The molecule has 0 aliphatic carbocycles. The van der Waals surface area contributed by atoms with Crippen molar-refractivity contribution in [3.8, 4) is 44.8 Å². The normalized spacial score (nSPS) is 11.7. The summed E-state index contributed by atoms with van der Waals surface area (Å²) in [5.74, 6) is 0. The van der Waals surface area contributed by atoms with E-state index in [4.69, 9.17) is 13.1 Å². The molecule has 0 aliphatic heterocycles. The minimum Gasteiger partial charge on any atom is -0.319 e. The molecule has 2 heterocycles. The van der Waals surface area contributed by atoms with Crippen molar-refractivity contribution in [1.29, 1.82) is 0 Å². The van der Waals surface area contributed by atoms with Crippen molar-refractivity contribution >= 4 is 55.0 Å². The first-order valence-corrected chi connectivity index (χ1v) is 18.7. The van der Waals surface area contributed by atoms with E-state index in [0.29, 0.717) is 16.7 Å². The minimum atomic E-state index is -4.79. The quantitative estimate of drug-likeness (QED) is 0.156. The van der Waals surface area contributed by atoms with Crippen molar-refractivity contribution in [3.05, 3.63) is 204 Å². The monoisotopic (exact) mass is 754 g/mol. The highest BCUT2D eigenvalue weighted by molar-refractivity contribution is 6.14. The van der Waals surface area contributed by atoms with Crippen LogP contribution in [0.15, 0.2) is 176 Å². The van der Waals surface area contributed by atoms with Crippen LogP contribution < -0.4 is 0 Å². The molecule has 10 aromatic rings. The number of para-hydroxylation sites is 2. The van der Waals surface area contributed by atoms with Crippen LogP contribution in [-0.2, 0) is 6.18 Å². The SMILES string of the molecule is [C-]#[N+]c1cccc(C(F)(F)F)c1-c1ccc(-n2c3ccccc3c3ccc(-c4ccccc4)cc32)c([N+]#[C-])c1-n1c2ccccc2c2ccc(-c3ccccc3)cc21. The van der Waals surface area contributed by atoms with Crippen molar-refractivity contribution < 1.29 is 13.2 Å². The van der Waals surface area contributed by atoms with Gasteiger partial charge in [-0.1, -0.05) is 146 Å². The summed E-state index contributed by atoms with van der Waals surface area (Å²) in [6, 6.07) is 55.1. The Kier molecular flexibility index (Phi) is 8.00. The third kappa shape index (κ3) is 5.37. The largest absolute Gasteiger partial charge is 0.415 e. The van der Waals surface area contributed by atoms with Crippen molar-refractivity contribution in [3.63, 3.8) is 0 Å². The van der Waals surface area contributed by atoms with Crippen LogP contribution in [0.25, 0.3) is 98.1 Å². The lowest BCUT2D eigenvalue weighted by Gasteiger charge is -2.23. The van der Waals surface area contributed by atoms with E-state index in [1.807, 2.05) is 137 Å². The Hall–Kier alpha value is -7.87. The second-order valence-electron chi connectivity index (χ2n) is 14.2. The summed E-state index contributed by atoms with van der Waals surface area (Å²) in [6.45, 7) is 17.0. The minimum absolute atomic E-state index is 0.132. The van der Waals surface area contributed by atoms with Crippen LogP contribution in [-0.4, -0.2) is 9.13 Å². The third-order valence-corrected chi connectivity index (χ3v) is 11.0. The van der Waals surface area contributed by atoms with Gasteiger partial charge < -0.3 is 9.13 Å². The van der Waals surface area contributed by atoms with Gasteiger partial charge in [0.05, 0.1) is 52.1 Å². The molecule has 0 bridgehead atoms. The van der Waals surface area contributed by atoms with Crippen molar-refractivity contribution in [2.24, 2.45) is 0 Å². The van der Waals surface area contributed by atoms with E-state index in [1.165, 1.54) is 12.1 Å². The first-order valence-electron chi connectivity index (χ1n) is 18.7. The van der Waals surface area contributed by atoms with Crippen LogP contribution in [0, 0.1) is 13.1 Å². The number of alkyl halides is 3. The number of hydrogen-bond donors (Lipinski definition) is 0. The Morgan fingerprint density at radius 1 is 0.431 bits per heavy atom. The smallest absolute Gasteiger partial charge is 0.319 e. The van der Waals surface area contributed by atoms with Gasteiger partial charge in [-0.05, 0) is 58.1 Å². The molecule has 0 saturated heterocycles. The number of aromatic nitrogens is 2. The fourth-order valence-electron chi connectivity index (χ4n) is 8.50. The molecule has 274 valence electrons. The maximum atomic E-state index is 15.1. The highest BCUT2D eigenvalue weighted by Gasteiger charge is 2.36. The van der Waals surface area contributed by atoms with Gasteiger partial charge in [-0.25, -0.2) is 9.69 Å². The fourth-order valence-corrected chi connectivity index (χ4v) is 8.50. The molecule has 10 rings (SSSR count). The number of benzene rings is 8. The number of fused-ring (bicyclic) bond motifs is 6. The molecule has 8 aromatic carbocycles. The summed E-state index contributed by atoms with van der Waals surface area (Å²) in [5.41, 5.74) is 6.68. The Labute approximate surface area is 331 Å². The van der Waals surface area contributed by atoms with Crippen LogP contribution in [0.3, 0.4) is 0 Å². The van der Waals surface area contributed by atoms with Crippen LogP contribution in [0.1, 0.15) is 5.56 Å². The van der Waals surface area contributed by atoms with Gasteiger partial charge in [0.1, 0.15) is 0 Å². The number of hydrogen-bond acceptors (Lipinski definition) is 0. The molecular formula is C51H29F3N4. The van der Waals surface area contributed by atoms with Crippen LogP contribution >= 0.6 is 0 Å². The fraction of sp³-hybridized carbons (Fsp3) is 0.0196. The summed E-state index contributed by atoms with van der Waals surface area (Å²) in [5, 5.41) is 3.70. The third-order valence-electron chi connectivity index (χ3n) is 11.0. The van der Waals surface area contributed by atoms with Crippen LogP contribution in [0.2, 0.25) is 0 Å². The first kappa shape index (κ1) is 34.6. The number of nitrogens with zero attached hydrogens (tertiary/aromatic N) is 4. The molecule has 0 amide bonds. The van der Waals surface area contributed by atoms with E-state index in [1.54, 1.807) is 12.1 Å². The van der Waals surface area contributed by atoms with Crippen molar-refractivity contribution in [1.82, 2.24) is 9.13 Å². The molecule has 0 unspecified atom stereocenters. The highest BCUT2D eigenvalue weighted by atomic mass is 19.4. The molecule has 58 heavy (non-hydrogen) atoms. The molecule has 0 N–H and O–H groups in total. The van der Waals surface area contributed by atoms with Gasteiger partial charge in [0, 0.05) is 27.1 Å². The molecule has 0 radical (unpaired) electrons. The van der Waals surface area contributed by atoms with E-state index in [9.17, 15) is 0 Å². The highest BCUT2D eigenvalue weighted by Crippen LogP contribution is 2.50. The second-order valence-corrected chi connectivity index (χ2v) is 14.2. The Morgan fingerprint density at radius 2 is 0.948 bits per heavy atom. The summed E-state index contributed by atoms with van der Waals surface area (Å²) in [4.78, 5) is 7.88. The molecule has 0 saturated carbocycles. The summed E-state index contributed by atoms with van der Waals surface area (Å²) >= 11 is 0. The topological polar surface area (TPSA) is 18.6 Å². The van der Waals surface area contributed by atoms with E-state index >= 15 is 13.2 Å². The molecule has 0 aliphatic rings. The lowest BCUT2D eigenvalue weighted by atomic mass is 9.94. The maximum Gasteiger partial charge on any atom is 0.415 e. The summed E-state index contributed by atoms with van der Waals surface area (Å²) < 4.78 is 49.3. The predicted octanol–water partition coefficient (Wildman–Crippen LogP) is 15.0. The van der Waals surface area contributed by atoms with Crippen LogP contribution in [0.4, 0.5) is 24.5 Å². The van der Waals surface area contributed by atoms with Gasteiger partial charge in [-0.3, -0.25) is 0 Å². The average Bonchev–Trinajstić information content (AvgIpc) is 3.77. The van der Waals surface area contributed by atoms with Gasteiger partial charge in [0.15, 0.2) is 5.69 Å². The van der Waals surface area contributed by atoms with E-state index in [-0.39, 0.29) is 28.2 Å². The van der Waals surface area contributed by atoms with Gasteiger partial charge >= 0.3 is 6.18 Å². The maximum absolute atomic E-state index is 15.1. The Morgan fingerprint density at radius 3 is 1.50 bits per heavy atom. The lowest BCUT2D eigenvalue weighted by Crippen LogP contribution is -2.09. The number of rotatable bonds is 5. The number of halogens is 3. The van der Waals surface area contributed by atoms with Crippen molar-refractivity contribution in [2.45, 2.75) is 6.18 Å². The van der Waals surface area contributed by atoms with Gasteiger partial charge in [-0.2, -0.15) is 13.2 Å². The molecule has 4 nitrogen and oxygen atoms in total. The zero-order chi connectivity index (χ0) is 39.5. The lowest BCUT2D eigenvalue weighted by molar-refractivity contribution is -0.137. The standard InChI is InChI=1S/C51H29F3N4/c1-55-42-21-13-20-41(51(52,53)54)48(42)40-28-29-45(57-43-22-11-9-18-36(43)38-26-24-34(30-46(38)57)32-14-5-3-6-15-32)49(56-2)50(40)58-44-23-12-10-19-37(44)39-27-25-35(31-47(39)58)33-16-7-4-8-17-33/h3-31H. The van der Waals surface area contributed by atoms with Gasteiger partial charge in [-0.15, -0.1) is 0 Å². The second kappa shape index (κ2) is 13.4. The van der Waals surface area contributed by atoms with E-state index in [0.717, 1.165) is 60.9 Å². The summed E-state index contributed by atoms with van der Waals surface area (Å²) in [7, 11) is 0. The summed E-state index contributed by atoms with van der Waals surface area (Å²) in [6.07, 6.45) is -4.79. The van der Waals surface area contributed by atoms with Crippen molar-refractivity contribution in [2.75, 3.05) is 0 Å². The van der Waals surface area contributed by atoms with Gasteiger partial charge in [0.25, 0.3) is 0 Å². The first-order chi connectivity index (χ1) is 28.4. The van der Waals surface area contributed by atoms with E-state index in [2.05, 4.69) is 27.9 Å². The molecule has 0 spiro atoms. The zero-order valence-electron chi connectivity index (χ0n) is 30.7. The molecular weight excluding hydrogens is 726 g/mol. The van der Waals surface area contributed by atoms with Gasteiger partial charge in [0.2, 0.25) is 5.69 Å². The average molecular weight is 755 g/mol. The predicted molar refractivity (Wildman–Crippen MR) is 229 cm³/mol. The molecule has 0 fully saturated rings. The van der Waals surface area contributed by atoms with E-state index < -0.39 is 11.7 Å². The van der Waals surface area contributed by atoms with Crippen LogP contribution in [0.5, 0.6) is 0 Å². The molecule has 2 aromatic heterocycles. The molecule has 7 heteroatoms. The molecule has 0 atom stereocenters.